The van der Waals surface area contributed by atoms with Crippen molar-refractivity contribution in [1.29, 1.82) is 0 Å². The molecule has 4 aromatic rings. The topological polar surface area (TPSA) is 153 Å². The van der Waals surface area contributed by atoms with Gasteiger partial charge >= 0.3 is 0 Å². The van der Waals surface area contributed by atoms with E-state index in [1.807, 2.05) is 36.4 Å². The summed E-state index contributed by atoms with van der Waals surface area (Å²) in [6.45, 7) is 8.56. The zero-order valence-corrected chi connectivity index (χ0v) is 23.0. The summed E-state index contributed by atoms with van der Waals surface area (Å²) >= 11 is 0. The third-order valence-corrected chi connectivity index (χ3v) is 6.90. The van der Waals surface area contributed by atoms with E-state index in [2.05, 4.69) is 51.7 Å². The van der Waals surface area contributed by atoms with Crippen molar-refractivity contribution in [1.82, 2.24) is 15.0 Å². The molecule has 0 unspecified atom stereocenters. The monoisotopic (exact) mass is 525 g/mol. The lowest BCUT2D eigenvalue weighted by Crippen LogP contribution is -2.19. The van der Waals surface area contributed by atoms with Gasteiger partial charge < -0.3 is 33.2 Å². The number of anilines is 6. The Kier molecular flexibility index (Phi) is 9.04. The van der Waals surface area contributed by atoms with Gasteiger partial charge in [0.05, 0.1) is 0 Å². The molecule has 3 heterocycles. The zero-order valence-electron chi connectivity index (χ0n) is 23.0. The van der Waals surface area contributed by atoms with Gasteiger partial charge in [0, 0.05) is 19.6 Å². The minimum Gasteiger partial charge on any atom is -0.384 e. The first kappa shape index (κ1) is 27.5. The quantitative estimate of drug-likeness (QED) is 0.147. The molecule has 0 atom stereocenters. The van der Waals surface area contributed by atoms with E-state index in [4.69, 9.17) is 17.2 Å². The van der Waals surface area contributed by atoms with Crippen LogP contribution in [0.5, 0.6) is 0 Å². The number of rotatable bonds is 12. The molecular weight excluding hydrogens is 486 g/mol. The van der Waals surface area contributed by atoms with Crippen molar-refractivity contribution >= 4 is 34.9 Å². The fourth-order valence-electron chi connectivity index (χ4n) is 5.20. The summed E-state index contributed by atoms with van der Waals surface area (Å²) in [5.74, 6) is 3.74. The Balaban J connectivity index is 1.78. The number of hydrogen-bond donors (Lipinski definition) is 6. The van der Waals surface area contributed by atoms with Crippen LogP contribution in [0, 0.1) is 0 Å². The lowest BCUT2D eigenvalue weighted by molar-refractivity contribution is 0.880. The van der Waals surface area contributed by atoms with Crippen LogP contribution in [0.3, 0.4) is 0 Å². The van der Waals surface area contributed by atoms with Gasteiger partial charge in [-0.1, -0.05) is 39.0 Å². The SMILES string of the molecule is CCc1c(CNc2cccc(N)n2)c(CC)c(CNc2cccc(N)n2)c(CC)c1CNc1cccc(N)n1. The highest BCUT2D eigenvalue weighted by molar-refractivity contribution is 5.57. The highest BCUT2D eigenvalue weighted by Crippen LogP contribution is 2.32. The lowest BCUT2D eigenvalue weighted by atomic mass is 9.83. The van der Waals surface area contributed by atoms with Crippen molar-refractivity contribution in [2.24, 2.45) is 0 Å². The minimum absolute atomic E-state index is 0.492. The Bertz CT molecular complexity index is 1230. The van der Waals surface area contributed by atoms with Crippen LogP contribution in [0.1, 0.15) is 54.2 Å². The van der Waals surface area contributed by atoms with Crippen LogP contribution in [0.2, 0.25) is 0 Å². The third kappa shape index (κ3) is 6.67. The van der Waals surface area contributed by atoms with Crippen LogP contribution in [-0.4, -0.2) is 15.0 Å². The van der Waals surface area contributed by atoms with Crippen LogP contribution >= 0.6 is 0 Å². The summed E-state index contributed by atoms with van der Waals surface area (Å²) in [4.78, 5) is 13.3. The first-order valence-electron chi connectivity index (χ1n) is 13.5. The second-order valence-corrected chi connectivity index (χ2v) is 9.34. The second-order valence-electron chi connectivity index (χ2n) is 9.34. The van der Waals surface area contributed by atoms with Crippen LogP contribution in [0.25, 0.3) is 0 Å². The van der Waals surface area contributed by atoms with Crippen LogP contribution in [0.4, 0.5) is 34.9 Å². The predicted molar refractivity (Wildman–Crippen MR) is 163 cm³/mol. The molecule has 9 nitrogen and oxygen atoms in total. The number of nitrogens with one attached hydrogen (secondary N) is 3. The molecule has 0 saturated carbocycles. The van der Waals surface area contributed by atoms with E-state index in [1.54, 1.807) is 18.2 Å². The molecule has 0 aliphatic heterocycles. The van der Waals surface area contributed by atoms with Crippen molar-refractivity contribution in [3.05, 3.63) is 88.0 Å². The van der Waals surface area contributed by atoms with E-state index >= 15 is 0 Å². The number of nitrogens with two attached hydrogens (primary N) is 3. The molecule has 0 saturated heterocycles. The molecule has 9 N–H and O–H groups in total. The molecule has 0 amide bonds. The predicted octanol–water partition coefficient (Wildman–Crippen LogP) is 5.14. The fraction of sp³-hybridized carbons (Fsp3) is 0.300. The molecule has 9 heteroatoms. The maximum Gasteiger partial charge on any atom is 0.128 e. The lowest BCUT2D eigenvalue weighted by Gasteiger charge is -2.27. The van der Waals surface area contributed by atoms with Crippen molar-refractivity contribution in [3.63, 3.8) is 0 Å². The largest absolute Gasteiger partial charge is 0.384 e. The first-order chi connectivity index (χ1) is 18.9. The van der Waals surface area contributed by atoms with E-state index in [9.17, 15) is 0 Å². The summed E-state index contributed by atoms with van der Waals surface area (Å²) < 4.78 is 0. The van der Waals surface area contributed by atoms with Crippen molar-refractivity contribution in [2.45, 2.75) is 59.7 Å². The van der Waals surface area contributed by atoms with Gasteiger partial charge in [0.15, 0.2) is 0 Å². The molecule has 0 fully saturated rings. The van der Waals surface area contributed by atoms with Gasteiger partial charge in [0.2, 0.25) is 0 Å². The second kappa shape index (κ2) is 12.8. The molecule has 204 valence electrons. The molecule has 3 aromatic heterocycles. The molecule has 4 rings (SSSR count). The molecule has 1 aromatic carbocycles. The van der Waals surface area contributed by atoms with Crippen molar-refractivity contribution in [2.75, 3.05) is 33.2 Å². The molecular formula is C30H39N9. The smallest absolute Gasteiger partial charge is 0.128 e. The summed E-state index contributed by atoms with van der Waals surface area (Å²) in [7, 11) is 0. The minimum atomic E-state index is 0.492. The standard InChI is InChI=1S/C30H39N9/c1-4-19-22(16-34-28-13-7-10-25(31)37-28)20(5-2)24(18-36-30-15-9-12-27(33)39-30)21(6-3)23(19)17-35-29-14-8-11-26(32)38-29/h7-15H,4-6,16-18H2,1-3H3,(H3,31,34,37)(H3,32,35,38)(H3,33,36,39). The number of benzene rings is 1. The van der Waals surface area contributed by atoms with Gasteiger partial charge in [-0.3, -0.25) is 0 Å². The number of hydrogen-bond acceptors (Lipinski definition) is 9. The van der Waals surface area contributed by atoms with Crippen LogP contribution in [0.15, 0.2) is 54.6 Å². The van der Waals surface area contributed by atoms with Gasteiger partial charge in [-0.2, -0.15) is 0 Å². The highest BCUT2D eigenvalue weighted by Gasteiger charge is 2.21. The summed E-state index contributed by atoms with van der Waals surface area (Å²) in [6, 6.07) is 16.9. The highest BCUT2D eigenvalue weighted by atomic mass is 15.0. The van der Waals surface area contributed by atoms with E-state index in [0.29, 0.717) is 37.1 Å². The summed E-state index contributed by atoms with van der Waals surface area (Å²) in [5.41, 5.74) is 25.7. The molecule has 0 aliphatic carbocycles. The number of pyridine rings is 3. The molecule has 0 aliphatic rings. The molecule has 0 bridgehead atoms. The fourth-order valence-corrected chi connectivity index (χ4v) is 5.20. The maximum atomic E-state index is 5.94. The van der Waals surface area contributed by atoms with E-state index in [0.717, 1.165) is 36.7 Å². The Morgan fingerprint density at radius 2 is 0.744 bits per heavy atom. The summed E-state index contributed by atoms with van der Waals surface area (Å²) in [6.07, 6.45) is 2.69. The molecule has 39 heavy (non-hydrogen) atoms. The number of aromatic nitrogens is 3. The van der Waals surface area contributed by atoms with Gasteiger partial charge in [0.25, 0.3) is 0 Å². The third-order valence-electron chi connectivity index (χ3n) is 6.90. The Labute approximate surface area is 230 Å². The van der Waals surface area contributed by atoms with Crippen LogP contribution < -0.4 is 33.2 Å². The first-order valence-corrected chi connectivity index (χ1v) is 13.5. The Morgan fingerprint density at radius 1 is 0.462 bits per heavy atom. The Morgan fingerprint density at radius 3 is 0.974 bits per heavy atom. The van der Waals surface area contributed by atoms with Gasteiger partial charge in [-0.05, 0) is 89.0 Å². The zero-order chi connectivity index (χ0) is 27.8. The van der Waals surface area contributed by atoms with Crippen molar-refractivity contribution < 1.29 is 0 Å². The number of nitrogen functional groups attached to an aromatic ring is 3. The van der Waals surface area contributed by atoms with Crippen LogP contribution in [-0.2, 0) is 38.9 Å². The van der Waals surface area contributed by atoms with Gasteiger partial charge in [0.1, 0.15) is 34.9 Å². The normalized spacial score (nSPS) is 10.8. The average molecular weight is 526 g/mol. The van der Waals surface area contributed by atoms with E-state index < -0.39 is 0 Å². The van der Waals surface area contributed by atoms with E-state index in [-0.39, 0.29) is 0 Å². The Hall–Kier alpha value is -4.53. The van der Waals surface area contributed by atoms with Gasteiger partial charge in [-0.15, -0.1) is 0 Å². The number of nitrogens with zero attached hydrogens (tertiary/aromatic N) is 3. The summed E-state index contributed by atoms with van der Waals surface area (Å²) in [5, 5.41) is 10.5. The average Bonchev–Trinajstić information content (AvgIpc) is 2.93. The molecule has 0 radical (unpaired) electrons. The molecule has 0 spiro atoms. The maximum absolute atomic E-state index is 5.94. The van der Waals surface area contributed by atoms with Crippen molar-refractivity contribution in [3.8, 4) is 0 Å². The van der Waals surface area contributed by atoms with Gasteiger partial charge in [-0.25, -0.2) is 15.0 Å². The van der Waals surface area contributed by atoms with E-state index in [1.165, 1.54) is 33.4 Å².